The maximum atomic E-state index is 11.1. The summed E-state index contributed by atoms with van der Waals surface area (Å²) in [6.45, 7) is 1.41. The lowest BCUT2D eigenvalue weighted by molar-refractivity contribution is -0.131. The molecule has 3 rings (SSSR count). The molecule has 3 aromatic rings. The van der Waals surface area contributed by atoms with Crippen molar-refractivity contribution >= 4 is 17.2 Å². The quantitative estimate of drug-likeness (QED) is 0.692. The molecular weight excluding hydrogens is 276 g/mol. The first-order chi connectivity index (χ1) is 10.5. The SMILES string of the molecule is CC(=O)Oc1cc2cccc(-c3cccc(N(C)C)c3)n2c1. The molecule has 0 aliphatic heterocycles. The molecule has 4 heteroatoms. The third-order valence-corrected chi connectivity index (χ3v) is 3.53. The van der Waals surface area contributed by atoms with Crippen LogP contribution in [0.1, 0.15) is 6.92 Å². The Bertz CT molecular complexity index is 834. The van der Waals surface area contributed by atoms with Crippen LogP contribution < -0.4 is 9.64 Å². The average molecular weight is 294 g/mol. The van der Waals surface area contributed by atoms with E-state index < -0.39 is 0 Å². The Morgan fingerprint density at radius 1 is 1.09 bits per heavy atom. The lowest BCUT2D eigenvalue weighted by atomic mass is 10.1. The fourth-order valence-electron chi connectivity index (χ4n) is 2.51. The standard InChI is InChI=1S/C18H18N2O2/c1-13(21)22-17-11-16-8-5-9-18(20(16)12-17)14-6-4-7-15(10-14)19(2)3/h4-12H,1-3H3. The molecule has 1 aromatic carbocycles. The Hall–Kier alpha value is -2.75. The van der Waals surface area contributed by atoms with Crippen molar-refractivity contribution in [1.29, 1.82) is 0 Å². The molecule has 0 spiro atoms. The summed E-state index contributed by atoms with van der Waals surface area (Å²) in [6, 6.07) is 16.2. The van der Waals surface area contributed by atoms with E-state index in [1.165, 1.54) is 6.92 Å². The Labute approximate surface area is 129 Å². The Kier molecular flexibility index (Phi) is 3.59. The van der Waals surface area contributed by atoms with Crippen LogP contribution in [0, 0.1) is 0 Å². The molecule has 2 aromatic heterocycles. The fraction of sp³-hybridized carbons (Fsp3) is 0.167. The van der Waals surface area contributed by atoms with Gasteiger partial charge in [-0.3, -0.25) is 4.79 Å². The molecule has 0 aliphatic rings. The van der Waals surface area contributed by atoms with Crippen molar-refractivity contribution < 1.29 is 9.53 Å². The summed E-state index contributed by atoms with van der Waals surface area (Å²) >= 11 is 0. The van der Waals surface area contributed by atoms with Crippen molar-refractivity contribution in [3.8, 4) is 17.0 Å². The highest BCUT2D eigenvalue weighted by Crippen LogP contribution is 2.27. The summed E-state index contributed by atoms with van der Waals surface area (Å²) in [5.74, 6) is 0.246. The lowest BCUT2D eigenvalue weighted by Crippen LogP contribution is -2.08. The zero-order valence-corrected chi connectivity index (χ0v) is 12.9. The summed E-state index contributed by atoms with van der Waals surface area (Å²) in [5, 5.41) is 0. The molecule has 0 N–H and O–H groups in total. The second kappa shape index (κ2) is 5.56. The van der Waals surface area contributed by atoms with Gasteiger partial charge < -0.3 is 14.0 Å². The molecule has 0 fully saturated rings. The topological polar surface area (TPSA) is 34.0 Å². The summed E-state index contributed by atoms with van der Waals surface area (Å²) in [5.41, 5.74) is 4.30. The van der Waals surface area contributed by atoms with Crippen molar-refractivity contribution in [2.75, 3.05) is 19.0 Å². The van der Waals surface area contributed by atoms with Gasteiger partial charge in [0, 0.05) is 43.9 Å². The molecule has 0 saturated carbocycles. The monoisotopic (exact) mass is 294 g/mol. The zero-order valence-electron chi connectivity index (χ0n) is 12.9. The second-order valence-electron chi connectivity index (χ2n) is 5.42. The Morgan fingerprint density at radius 3 is 2.59 bits per heavy atom. The minimum Gasteiger partial charge on any atom is -0.425 e. The minimum atomic E-state index is -0.313. The predicted octanol–water partition coefficient (Wildman–Crippen LogP) is 3.60. The zero-order chi connectivity index (χ0) is 15.7. The maximum Gasteiger partial charge on any atom is 0.308 e. The molecule has 4 nitrogen and oxygen atoms in total. The second-order valence-corrected chi connectivity index (χ2v) is 5.42. The summed E-state index contributed by atoms with van der Waals surface area (Å²) in [4.78, 5) is 13.2. The number of esters is 1. The van der Waals surface area contributed by atoms with Crippen molar-refractivity contribution in [3.63, 3.8) is 0 Å². The van der Waals surface area contributed by atoms with E-state index in [2.05, 4.69) is 29.2 Å². The molecule has 0 radical (unpaired) electrons. The predicted molar refractivity (Wildman–Crippen MR) is 88.5 cm³/mol. The number of benzene rings is 1. The fourth-order valence-corrected chi connectivity index (χ4v) is 2.51. The van der Waals surface area contributed by atoms with Crippen molar-refractivity contribution in [2.24, 2.45) is 0 Å². The molecule has 22 heavy (non-hydrogen) atoms. The largest absolute Gasteiger partial charge is 0.425 e. The van der Waals surface area contributed by atoms with Gasteiger partial charge in [-0.05, 0) is 24.3 Å². The summed E-state index contributed by atoms with van der Waals surface area (Å²) < 4.78 is 7.22. The van der Waals surface area contributed by atoms with Crippen LogP contribution in [-0.4, -0.2) is 24.5 Å². The number of hydrogen-bond donors (Lipinski definition) is 0. The number of nitrogens with zero attached hydrogens (tertiary/aromatic N) is 2. The molecule has 112 valence electrons. The number of carbonyl (C=O) groups is 1. The van der Waals surface area contributed by atoms with E-state index in [1.54, 1.807) is 0 Å². The van der Waals surface area contributed by atoms with E-state index in [1.807, 2.05) is 49.0 Å². The lowest BCUT2D eigenvalue weighted by Gasteiger charge is -2.14. The summed E-state index contributed by atoms with van der Waals surface area (Å²) in [6.07, 6.45) is 1.84. The first-order valence-electron chi connectivity index (χ1n) is 7.12. The number of rotatable bonds is 3. The number of anilines is 1. The number of hydrogen-bond acceptors (Lipinski definition) is 3. The van der Waals surface area contributed by atoms with Crippen LogP contribution in [0.2, 0.25) is 0 Å². The van der Waals surface area contributed by atoms with E-state index >= 15 is 0 Å². The molecule has 0 aliphatic carbocycles. The van der Waals surface area contributed by atoms with Crippen LogP contribution in [-0.2, 0) is 4.79 Å². The smallest absolute Gasteiger partial charge is 0.308 e. The van der Waals surface area contributed by atoms with Crippen LogP contribution in [0.15, 0.2) is 54.7 Å². The van der Waals surface area contributed by atoms with Crippen LogP contribution >= 0.6 is 0 Å². The highest BCUT2D eigenvalue weighted by atomic mass is 16.5. The van der Waals surface area contributed by atoms with Crippen molar-refractivity contribution in [2.45, 2.75) is 6.92 Å². The van der Waals surface area contributed by atoms with E-state index in [0.717, 1.165) is 22.5 Å². The van der Waals surface area contributed by atoms with Crippen molar-refractivity contribution in [1.82, 2.24) is 4.40 Å². The molecule has 2 heterocycles. The van der Waals surface area contributed by atoms with Gasteiger partial charge in [0.1, 0.15) is 5.75 Å². The molecule has 0 bridgehead atoms. The molecule has 0 atom stereocenters. The number of pyridine rings is 1. The van der Waals surface area contributed by atoms with Gasteiger partial charge in [0.15, 0.2) is 0 Å². The molecule has 0 amide bonds. The van der Waals surface area contributed by atoms with Crippen LogP contribution in [0.3, 0.4) is 0 Å². The third-order valence-electron chi connectivity index (χ3n) is 3.53. The van der Waals surface area contributed by atoms with E-state index in [4.69, 9.17) is 4.74 Å². The molecular formula is C18H18N2O2. The van der Waals surface area contributed by atoms with Crippen LogP contribution in [0.25, 0.3) is 16.8 Å². The average Bonchev–Trinajstić information content (AvgIpc) is 2.88. The first kappa shape index (κ1) is 14.2. The van der Waals surface area contributed by atoms with E-state index in [-0.39, 0.29) is 5.97 Å². The van der Waals surface area contributed by atoms with Gasteiger partial charge in [-0.25, -0.2) is 0 Å². The van der Waals surface area contributed by atoms with E-state index in [9.17, 15) is 4.79 Å². The number of aromatic nitrogens is 1. The Balaban J connectivity index is 2.12. The van der Waals surface area contributed by atoms with Crippen molar-refractivity contribution in [3.05, 3.63) is 54.7 Å². The van der Waals surface area contributed by atoms with Gasteiger partial charge in [-0.1, -0.05) is 18.2 Å². The summed E-state index contributed by atoms with van der Waals surface area (Å²) in [7, 11) is 4.04. The molecule has 0 unspecified atom stereocenters. The normalized spacial score (nSPS) is 10.7. The maximum absolute atomic E-state index is 11.1. The Morgan fingerprint density at radius 2 is 1.86 bits per heavy atom. The molecule has 0 saturated heterocycles. The number of ether oxygens (including phenoxy) is 1. The highest BCUT2D eigenvalue weighted by molar-refractivity contribution is 5.73. The number of fused-ring (bicyclic) bond motifs is 1. The van der Waals surface area contributed by atoms with Gasteiger partial charge in [-0.15, -0.1) is 0 Å². The minimum absolute atomic E-state index is 0.313. The van der Waals surface area contributed by atoms with Gasteiger partial charge in [0.05, 0.1) is 11.9 Å². The highest BCUT2D eigenvalue weighted by Gasteiger charge is 2.08. The number of carbonyl (C=O) groups excluding carboxylic acids is 1. The third kappa shape index (κ3) is 2.68. The van der Waals surface area contributed by atoms with Gasteiger partial charge >= 0.3 is 5.97 Å². The first-order valence-corrected chi connectivity index (χ1v) is 7.12. The van der Waals surface area contributed by atoms with Crippen LogP contribution in [0.5, 0.6) is 5.75 Å². The van der Waals surface area contributed by atoms with Crippen LogP contribution in [0.4, 0.5) is 5.69 Å². The van der Waals surface area contributed by atoms with E-state index in [0.29, 0.717) is 5.75 Å². The van der Waals surface area contributed by atoms with Gasteiger partial charge in [0.25, 0.3) is 0 Å². The van der Waals surface area contributed by atoms with Gasteiger partial charge in [-0.2, -0.15) is 0 Å². The van der Waals surface area contributed by atoms with Gasteiger partial charge in [0.2, 0.25) is 0 Å².